The van der Waals surface area contributed by atoms with Crippen LogP contribution in [0.3, 0.4) is 0 Å². The number of nitrogens with zero attached hydrogens (tertiary/aromatic N) is 3. The summed E-state index contributed by atoms with van der Waals surface area (Å²) < 4.78 is 7.11. The van der Waals surface area contributed by atoms with Gasteiger partial charge in [0.15, 0.2) is 0 Å². The number of rotatable bonds is 6. The van der Waals surface area contributed by atoms with Gasteiger partial charge in [0.25, 0.3) is 5.91 Å². The van der Waals surface area contributed by atoms with Crippen molar-refractivity contribution in [3.8, 4) is 11.6 Å². The summed E-state index contributed by atoms with van der Waals surface area (Å²) >= 11 is 5.89. The van der Waals surface area contributed by atoms with Crippen LogP contribution in [0, 0.1) is 0 Å². The summed E-state index contributed by atoms with van der Waals surface area (Å²) in [5.41, 5.74) is 2.19. The Kier molecular flexibility index (Phi) is 5.30. The number of nitrogens with one attached hydrogen (secondary N) is 1. The number of pyridine rings is 1. The maximum absolute atomic E-state index is 12.4. The number of ether oxygens (including phenoxy) is 1. The molecule has 0 unspecified atom stereocenters. The molecule has 25 heavy (non-hydrogen) atoms. The number of amides is 1. The molecule has 0 radical (unpaired) electrons. The first-order chi connectivity index (χ1) is 12.2. The van der Waals surface area contributed by atoms with Crippen LogP contribution in [0.4, 0.5) is 0 Å². The first-order valence-corrected chi connectivity index (χ1v) is 8.20. The van der Waals surface area contributed by atoms with Gasteiger partial charge in [0, 0.05) is 29.5 Å². The van der Waals surface area contributed by atoms with E-state index in [0.29, 0.717) is 29.6 Å². The summed E-state index contributed by atoms with van der Waals surface area (Å²) in [6, 6.07) is 10.7. The summed E-state index contributed by atoms with van der Waals surface area (Å²) in [5.74, 6) is 0.0927. The van der Waals surface area contributed by atoms with E-state index in [9.17, 15) is 4.79 Å². The zero-order valence-corrected chi connectivity index (χ0v) is 14.4. The minimum atomic E-state index is -0.240. The standard InChI is InChI=1S/C18H17ClN4O2/c1-2-25-18-16(4-3-9-20-18)17(24)21-10-13-11-22-23(12-13)15-7-5-14(19)6-8-15/h3-9,11-12H,2,10H2,1H3,(H,21,24). The van der Waals surface area contributed by atoms with Crippen LogP contribution in [-0.2, 0) is 6.54 Å². The summed E-state index contributed by atoms with van der Waals surface area (Å²) in [5, 5.41) is 7.82. The third-order valence-electron chi connectivity index (χ3n) is 3.48. The molecule has 0 saturated carbocycles. The molecular formula is C18H17ClN4O2. The summed E-state index contributed by atoms with van der Waals surface area (Å²) in [6.45, 7) is 2.65. The fourth-order valence-corrected chi connectivity index (χ4v) is 2.41. The number of aromatic nitrogens is 3. The molecule has 0 aliphatic carbocycles. The van der Waals surface area contributed by atoms with E-state index in [2.05, 4.69) is 15.4 Å². The van der Waals surface area contributed by atoms with Crippen molar-refractivity contribution in [2.24, 2.45) is 0 Å². The van der Waals surface area contributed by atoms with Gasteiger partial charge in [-0.15, -0.1) is 0 Å². The lowest BCUT2D eigenvalue weighted by Crippen LogP contribution is -2.23. The first-order valence-electron chi connectivity index (χ1n) is 7.83. The van der Waals surface area contributed by atoms with Gasteiger partial charge in [-0.1, -0.05) is 11.6 Å². The Bertz CT molecular complexity index is 862. The topological polar surface area (TPSA) is 69.0 Å². The molecule has 0 saturated heterocycles. The van der Waals surface area contributed by atoms with Gasteiger partial charge in [0.05, 0.1) is 18.5 Å². The van der Waals surface area contributed by atoms with Gasteiger partial charge in [-0.2, -0.15) is 5.10 Å². The Morgan fingerprint density at radius 1 is 1.28 bits per heavy atom. The fraction of sp³-hybridized carbons (Fsp3) is 0.167. The van der Waals surface area contributed by atoms with Crippen LogP contribution in [0.25, 0.3) is 5.69 Å². The molecule has 0 spiro atoms. The van der Waals surface area contributed by atoms with Crippen LogP contribution in [0.2, 0.25) is 5.02 Å². The molecule has 0 fully saturated rings. The lowest BCUT2D eigenvalue weighted by molar-refractivity contribution is 0.0946. The van der Waals surface area contributed by atoms with Crippen LogP contribution in [0.5, 0.6) is 5.88 Å². The van der Waals surface area contributed by atoms with Gasteiger partial charge in [-0.25, -0.2) is 9.67 Å². The van der Waals surface area contributed by atoms with Crippen LogP contribution < -0.4 is 10.1 Å². The molecule has 1 N–H and O–H groups in total. The molecular weight excluding hydrogens is 340 g/mol. The third-order valence-corrected chi connectivity index (χ3v) is 3.73. The minimum absolute atomic E-state index is 0.240. The van der Waals surface area contributed by atoms with Gasteiger partial charge in [0.1, 0.15) is 5.56 Å². The van der Waals surface area contributed by atoms with E-state index in [1.54, 1.807) is 41.3 Å². The predicted molar refractivity (Wildman–Crippen MR) is 95.2 cm³/mol. The maximum Gasteiger partial charge on any atom is 0.257 e. The Hall–Kier alpha value is -2.86. The highest BCUT2D eigenvalue weighted by atomic mass is 35.5. The Morgan fingerprint density at radius 3 is 2.84 bits per heavy atom. The summed E-state index contributed by atoms with van der Waals surface area (Å²) in [7, 11) is 0. The minimum Gasteiger partial charge on any atom is -0.477 e. The van der Waals surface area contributed by atoms with Crippen LogP contribution in [0.1, 0.15) is 22.8 Å². The lowest BCUT2D eigenvalue weighted by Gasteiger charge is -2.08. The van der Waals surface area contributed by atoms with E-state index in [1.165, 1.54) is 0 Å². The van der Waals surface area contributed by atoms with Crippen molar-refractivity contribution in [2.45, 2.75) is 13.5 Å². The molecule has 0 atom stereocenters. The number of hydrogen-bond acceptors (Lipinski definition) is 4. The molecule has 7 heteroatoms. The normalized spacial score (nSPS) is 10.5. The number of carbonyl (C=O) groups is 1. The zero-order valence-electron chi connectivity index (χ0n) is 13.6. The molecule has 2 aromatic heterocycles. The average molecular weight is 357 g/mol. The largest absolute Gasteiger partial charge is 0.477 e. The highest BCUT2D eigenvalue weighted by Crippen LogP contribution is 2.15. The fourth-order valence-electron chi connectivity index (χ4n) is 2.28. The van der Waals surface area contributed by atoms with Crippen molar-refractivity contribution in [1.82, 2.24) is 20.1 Å². The Labute approximate surface area is 150 Å². The van der Waals surface area contributed by atoms with E-state index in [-0.39, 0.29) is 5.91 Å². The number of halogens is 1. The highest BCUT2D eigenvalue weighted by molar-refractivity contribution is 6.30. The molecule has 2 heterocycles. The van der Waals surface area contributed by atoms with Gasteiger partial charge in [0.2, 0.25) is 5.88 Å². The SMILES string of the molecule is CCOc1ncccc1C(=O)NCc1cnn(-c2ccc(Cl)cc2)c1. The second-order valence-electron chi connectivity index (χ2n) is 5.24. The van der Waals surface area contributed by atoms with E-state index in [4.69, 9.17) is 16.3 Å². The van der Waals surface area contributed by atoms with Gasteiger partial charge < -0.3 is 10.1 Å². The summed E-state index contributed by atoms with van der Waals surface area (Å²) in [6.07, 6.45) is 5.16. The number of carbonyl (C=O) groups excluding carboxylic acids is 1. The van der Waals surface area contributed by atoms with Crippen LogP contribution >= 0.6 is 11.6 Å². The van der Waals surface area contributed by atoms with Crippen LogP contribution in [-0.4, -0.2) is 27.3 Å². The Balaban J connectivity index is 1.66. The van der Waals surface area contributed by atoms with E-state index in [0.717, 1.165) is 11.3 Å². The van der Waals surface area contributed by atoms with Gasteiger partial charge in [-0.3, -0.25) is 4.79 Å². The van der Waals surface area contributed by atoms with Crippen molar-refractivity contribution in [1.29, 1.82) is 0 Å². The van der Waals surface area contributed by atoms with Crippen molar-refractivity contribution < 1.29 is 9.53 Å². The van der Waals surface area contributed by atoms with Crippen molar-refractivity contribution in [2.75, 3.05) is 6.61 Å². The molecule has 1 amide bonds. The molecule has 1 aromatic carbocycles. The maximum atomic E-state index is 12.4. The van der Waals surface area contributed by atoms with E-state index < -0.39 is 0 Å². The second kappa shape index (κ2) is 7.81. The average Bonchev–Trinajstić information content (AvgIpc) is 3.10. The van der Waals surface area contributed by atoms with E-state index in [1.807, 2.05) is 25.3 Å². The molecule has 0 aliphatic heterocycles. The van der Waals surface area contributed by atoms with Crippen molar-refractivity contribution in [3.63, 3.8) is 0 Å². The summed E-state index contributed by atoms with van der Waals surface area (Å²) in [4.78, 5) is 16.4. The number of benzene rings is 1. The predicted octanol–water partition coefficient (Wildman–Crippen LogP) is 3.25. The zero-order chi connectivity index (χ0) is 17.6. The third kappa shape index (κ3) is 4.16. The molecule has 0 aliphatic rings. The molecule has 3 aromatic rings. The van der Waals surface area contributed by atoms with Crippen LogP contribution in [0.15, 0.2) is 55.0 Å². The second-order valence-corrected chi connectivity index (χ2v) is 5.68. The Morgan fingerprint density at radius 2 is 2.08 bits per heavy atom. The van der Waals surface area contributed by atoms with Crippen molar-refractivity contribution in [3.05, 3.63) is 71.1 Å². The van der Waals surface area contributed by atoms with Crippen molar-refractivity contribution >= 4 is 17.5 Å². The first kappa shape index (κ1) is 17.0. The van der Waals surface area contributed by atoms with Gasteiger partial charge >= 0.3 is 0 Å². The molecule has 3 rings (SSSR count). The monoisotopic (exact) mass is 356 g/mol. The smallest absolute Gasteiger partial charge is 0.257 e. The van der Waals surface area contributed by atoms with E-state index >= 15 is 0 Å². The lowest BCUT2D eigenvalue weighted by atomic mass is 10.2. The molecule has 0 bridgehead atoms. The molecule has 128 valence electrons. The highest BCUT2D eigenvalue weighted by Gasteiger charge is 2.13. The van der Waals surface area contributed by atoms with Gasteiger partial charge in [-0.05, 0) is 43.3 Å². The number of hydrogen-bond donors (Lipinski definition) is 1. The molecule has 6 nitrogen and oxygen atoms in total. The quantitative estimate of drug-likeness (QED) is 0.736.